The number of piperidine rings is 1. The summed E-state index contributed by atoms with van der Waals surface area (Å²) in [7, 11) is 0. The lowest BCUT2D eigenvalue weighted by molar-refractivity contribution is 0.0407. The van der Waals surface area contributed by atoms with E-state index < -0.39 is 0 Å². The Morgan fingerprint density at radius 2 is 1.84 bits per heavy atom. The maximum absolute atomic E-state index is 9.53. The third-order valence-electron chi connectivity index (χ3n) is 4.78. The van der Waals surface area contributed by atoms with Gasteiger partial charge in [0, 0.05) is 6.61 Å². The van der Waals surface area contributed by atoms with E-state index in [-0.39, 0.29) is 5.41 Å². The Balaban J connectivity index is 1.69. The topological polar surface area (TPSA) is 23.5 Å². The van der Waals surface area contributed by atoms with Crippen LogP contribution in [0.4, 0.5) is 0 Å². The van der Waals surface area contributed by atoms with Gasteiger partial charge in [-0.2, -0.15) is 0 Å². The first kappa shape index (κ1) is 14.5. The number of aliphatic hydroxyl groups excluding tert-OH is 1. The molecule has 2 heteroatoms. The highest BCUT2D eigenvalue weighted by Crippen LogP contribution is 2.34. The summed E-state index contributed by atoms with van der Waals surface area (Å²) < 4.78 is 0. The van der Waals surface area contributed by atoms with Gasteiger partial charge in [0.05, 0.1) is 0 Å². The fourth-order valence-electron chi connectivity index (χ4n) is 3.03. The van der Waals surface area contributed by atoms with Crippen LogP contribution < -0.4 is 0 Å². The molecular formula is C17H27NO. The van der Waals surface area contributed by atoms with Gasteiger partial charge in [-0.15, -0.1) is 0 Å². The summed E-state index contributed by atoms with van der Waals surface area (Å²) >= 11 is 0. The first-order valence-corrected chi connectivity index (χ1v) is 7.65. The van der Waals surface area contributed by atoms with E-state index in [4.69, 9.17) is 0 Å². The largest absolute Gasteiger partial charge is 0.396 e. The second kappa shape index (κ2) is 7.06. The Kier molecular flexibility index (Phi) is 5.41. The molecule has 0 spiro atoms. The molecular weight excluding hydrogens is 234 g/mol. The second-order valence-electron chi connectivity index (χ2n) is 5.94. The molecule has 1 fully saturated rings. The summed E-state index contributed by atoms with van der Waals surface area (Å²) in [5.41, 5.74) is 1.66. The predicted octanol–water partition coefficient (Wildman–Crippen LogP) is 3.10. The Hall–Kier alpha value is -0.860. The Labute approximate surface area is 117 Å². The van der Waals surface area contributed by atoms with Crippen molar-refractivity contribution in [3.05, 3.63) is 35.9 Å². The molecule has 1 N–H and O–H groups in total. The van der Waals surface area contributed by atoms with E-state index >= 15 is 0 Å². The molecule has 2 nitrogen and oxygen atoms in total. The van der Waals surface area contributed by atoms with Crippen LogP contribution in [0.15, 0.2) is 30.3 Å². The van der Waals surface area contributed by atoms with Gasteiger partial charge in [0.1, 0.15) is 0 Å². The van der Waals surface area contributed by atoms with Crippen molar-refractivity contribution in [1.82, 2.24) is 4.90 Å². The molecule has 0 aromatic heterocycles. The van der Waals surface area contributed by atoms with Crippen molar-refractivity contribution in [3.8, 4) is 0 Å². The molecule has 2 rings (SSSR count). The molecule has 1 aliphatic heterocycles. The maximum atomic E-state index is 9.53. The number of likely N-dealkylation sites (tertiary alicyclic amines) is 1. The quantitative estimate of drug-likeness (QED) is 0.850. The zero-order valence-corrected chi connectivity index (χ0v) is 12.1. The number of nitrogens with zero attached hydrogens (tertiary/aromatic N) is 1. The van der Waals surface area contributed by atoms with Gasteiger partial charge in [0.15, 0.2) is 0 Å². The molecule has 0 aliphatic carbocycles. The number of aryl methyl sites for hydroxylation is 1. The van der Waals surface area contributed by atoms with Gasteiger partial charge in [0.25, 0.3) is 0 Å². The Morgan fingerprint density at radius 3 is 2.42 bits per heavy atom. The van der Waals surface area contributed by atoms with Gasteiger partial charge < -0.3 is 10.0 Å². The zero-order chi connectivity index (χ0) is 13.6. The zero-order valence-electron chi connectivity index (χ0n) is 12.1. The molecule has 0 bridgehead atoms. The molecule has 0 atom stereocenters. The van der Waals surface area contributed by atoms with Gasteiger partial charge in [-0.25, -0.2) is 0 Å². The highest BCUT2D eigenvalue weighted by Gasteiger charge is 2.31. The monoisotopic (exact) mass is 261 g/mol. The van der Waals surface area contributed by atoms with Crippen LogP contribution in [0.2, 0.25) is 0 Å². The molecule has 0 unspecified atom stereocenters. The van der Waals surface area contributed by atoms with Crippen molar-refractivity contribution >= 4 is 0 Å². The van der Waals surface area contributed by atoms with Crippen molar-refractivity contribution in [2.24, 2.45) is 5.41 Å². The van der Waals surface area contributed by atoms with Crippen LogP contribution in [-0.4, -0.2) is 36.2 Å². The van der Waals surface area contributed by atoms with E-state index in [1.807, 2.05) is 0 Å². The number of aliphatic hydroxyl groups is 1. The fourth-order valence-corrected chi connectivity index (χ4v) is 3.03. The fraction of sp³-hybridized carbons (Fsp3) is 0.647. The molecule has 0 amide bonds. The average Bonchev–Trinajstić information content (AvgIpc) is 2.49. The van der Waals surface area contributed by atoms with E-state index in [1.165, 1.54) is 24.9 Å². The smallest absolute Gasteiger partial charge is 0.0488 e. The SMILES string of the molecule is CCC1(CO)CCN(CCCc2ccccc2)CC1. The molecule has 106 valence electrons. The normalized spacial score (nSPS) is 19.5. The number of rotatable bonds is 6. The van der Waals surface area contributed by atoms with E-state index in [1.54, 1.807) is 0 Å². The van der Waals surface area contributed by atoms with Gasteiger partial charge in [-0.05, 0) is 62.7 Å². The summed E-state index contributed by atoms with van der Waals surface area (Å²) in [4.78, 5) is 2.56. The molecule has 1 aromatic carbocycles. The van der Waals surface area contributed by atoms with Gasteiger partial charge in [-0.3, -0.25) is 0 Å². The van der Waals surface area contributed by atoms with Crippen molar-refractivity contribution in [2.75, 3.05) is 26.2 Å². The minimum Gasteiger partial charge on any atom is -0.396 e. The molecule has 19 heavy (non-hydrogen) atoms. The average molecular weight is 261 g/mol. The van der Waals surface area contributed by atoms with Gasteiger partial charge in [-0.1, -0.05) is 37.3 Å². The highest BCUT2D eigenvalue weighted by molar-refractivity contribution is 5.14. The third-order valence-corrected chi connectivity index (χ3v) is 4.78. The van der Waals surface area contributed by atoms with Crippen LogP contribution in [0, 0.1) is 5.41 Å². The number of benzene rings is 1. The number of hydrogen-bond acceptors (Lipinski definition) is 2. The number of hydrogen-bond donors (Lipinski definition) is 1. The van der Waals surface area contributed by atoms with Gasteiger partial charge in [0.2, 0.25) is 0 Å². The standard InChI is InChI=1S/C17H27NO/c1-2-17(15-19)10-13-18(14-11-17)12-6-9-16-7-4-3-5-8-16/h3-5,7-8,19H,2,6,9-15H2,1H3. The molecule has 1 heterocycles. The molecule has 1 saturated heterocycles. The second-order valence-corrected chi connectivity index (χ2v) is 5.94. The van der Waals surface area contributed by atoms with Crippen LogP contribution in [0.5, 0.6) is 0 Å². The van der Waals surface area contributed by atoms with Gasteiger partial charge >= 0.3 is 0 Å². The lowest BCUT2D eigenvalue weighted by Gasteiger charge is -2.40. The molecule has 0 radical (unpaired) electrons. The summed E-state index contributed by atoms with van der Waals surface area (Å²) in [5.74, 6) is 0. The van der Waals surface area contributed by atoms with E-state index in [0.717, 1.165) is 32.4 Å². The van der Waals surface area contributed by atoms with E-state index in [2.05, 4.69) is 42.2 Å². The summed E-state index contributed by atoms with van der Waals surface area (Å²) in [6.45, 7) is 6.08. The minimum atomic E-state index is 0.218. The molecule has 1 aromatic rings. The van der Waals surface area contributed by atoms with Crippen LogP contribution in [0.25, 0.3) is 0 Å². The van der Waals surface area contributed by atoms with E-state index in [9.17, 15) is 5.11 Å². The van der Waals surface area contributed by atoms with E-state index in [0.29, 0.717) is 6.61 Å². The lowest BCUT2D eigenvalue weighted by atomic mass is 9.77. The first-order chi connectivity index (χ1) is 9.28. The van der Waals surface area contributed by atoms with Crippen molar-refractivity contribution < 1.29 is 5.11 Å². The van der Waals surface area contributed by atoms with Crippen LogP contribution in [-0.2, 0) is 6.42 Å². The highest BCUT2D eigenvalue weighted by atomic mass is 16.3. The lowest BCUT2D eigenvalue weighted by Crippen LogP contribution is -2.42. The first-order valence-electron chi connectivity index (χ1n) is 7.65. The van der Waals surface area contributed by atoms with Crippen molar-refractivity contribution in [2.45, 2.75) is 39.0 Å². The van der Waals surface area contributed by atoms with Crippen LogP contribution >= 0.6 is 0 Å². The maximum Gasteiger partial charge on any atom is 0.0488 e. The molecule has 1 aliphatic rings. The predicted molar refractivity (Wildman–Crippen MR) is 80.2 cm³/mol. The van der Waals surface area contributed by atoms with Crippen LogP contribution in [0.3, 0.4) is 0 Å². The van der Waals surface area contributed by atoms with Crippen LogP contribution in [0.1, 0.15) is 38.2 Å². The Morgan fingerprint density at radius 1 is 1.16 bits per heavy atom. The Bertz CT molecular complexity index is 349. The van der Waals surface area contributed by atoms with Crippen molar-refractivity contribution in [3.63, 3.8) is 0 Å². The molecule has 0 saturated carbocycles. The summed E-state index contributed by atoms with van der Waals surface area (Å²) in [5, 5.41) is 9.53. The minimum absolute atomic E-state index is 0.218. The van der Waals surface area contributed by atoms with Crippen molar-refractivity contribution in [1.29, 1.82) is 0 Å². The third kappa shape index (κ3) is 4.05. The summed E-state index contributed by atoms with van der Waals surface area (Å²) in [6, 6.07) is 10.7. The summed E-state index contributed by atoms with van der Waals surface area (Å²) in [6.07, 6.45) is 5.84.